The highest BCUT2D eigenvalue weighted by Gasteiger charge is 2.19. The number of allylic oxidation sites excluding steroid dienone is 10. The van der Waals surface area contributed by atoms with Crippen molar-refractivity contribution in [1.29, 1.82) is 0 Å². The Balaban J connectivity index is 4.21. The molecule has 0 aromatic carbocycles. The summed E-state index contributed by atoms with van der Waals surface area (Å²) in [7, 11) is 0. The van der Waals surface area contributed by atoms with E-state index >= 15 is 0 Å². The summed E-state index contributed by atoms with van der Waals surface area (Å²) in [6, 6.07) is 0. The highest BCUT2D eigenvalue weighted by molar-refractivity contribution is 5.71. The fraction of sp³-hybridized carbons (Fsp3) is 0.829. The van der Waals surface area contributed by atoms with Gasteiger partial charge in [-0.2, -0.15) is 0 Å². The molecule has 6 nitrogen and oxygen atoms in total. The van der Waals surface area contributed by atoms with Crippen molar-refractivity contribution < 1.29 is 28.6 Å². The topological polar surface area (TPSA) is 78.9 Å². The zero-order valence-corrected chi connectivity index (χ0v) is 55.0. The first-order chi connectivity index (χ1) is 40.5. The first kappa shape index (κ1) is 79.1. The van der Waals surface area contributed by atoms with E-state index in [0.717, 1.165) is 89.9 Å². The van der Waals surface area contributed by atoms with E-state index in [9.17, 15) is 14.4 Å². The number of hydrogen-bond donors (Lipinski definition) is 0. The normalized spacial score (nSPS) is 12.4. The Bertz CT molecular complexity index is 1460. The third-order valence-electron chi connectivity index (χ3n) is 16.3. The molecule has 1 atom stereocenters. The molecule has 0 aliphatic heterocycles. The minimum atomic E-state index is -0.770. The second kappa shape index (κ2) is 70.6. The van der Waals surface area contributed by atoms with Gasteiger partial charge < -0.3 is 14.2 Å². The zero-order chi connectivity index (χ0) is 59.2. The molecule has 0 N–H and O–H groups in total. The van der Waals surface area contributed by atoms with Crippen molar-refractivity contribution in [2.45, 2.75) is 393 Å². The summed E-state index contributed by atoms with van der Waals surface area (Å²) in [4.78, 5) is 38.5. The van der Waals surface area contributed by atoms with Crippen LogP contribution in [0.3, 0.4) is 0 Å². The van der Waals surface area contributed by atoms with Crippen LogP contribution in [-0.2, 0) is 28.6 Å². The number of carbonyl (C=O) groups is 3. The van der Waals surface area contributed by atoms with Crippen molar-refractivity contribution in [2.75, 3.05) is 13.2 Å². The molecule has 0 fully saturated rings. The maximum absolute atomic E-state index is 13.0. The first-order valence-electron chi connectivity index (χ1n) is 36.3. The maximum atomic E-state index is 13.0. The van der Waals surface area contributed by atoms with Crippen LogP contribution in [0.25, 0.3) is 0 Å². The summed E-state index contributed by atoms with van der Waals surface area (Å²) in [5.41, 5.74) is 0. The van der Waals surface area contributed by atoms with Gasteiger partial charge in [0.1, 0.15) is 13.2 Å². The van der Waals surface area contributed by atoms with E-state index in [1.165, 1.54) is 257 Å². The van der Waals surface area contributed by atoms with Crippen LogP contribution in [0.15, 0.2) is 60.8 Å². The summed E-state index contributed by atoms with van der Waals surface area (Å²) in [5.74, 6) is -0.836. The zero-order valence-electron chi connectivity index (χ0n) is 55.0. The van der Waals surface area contributed by atoms with Crippen LogP contribution >= 0.6 is 0 Å². The molecule has 0 rings (SSSR count). The second-order valence-electron chi connectivity index (χ2n) is 24.5. The Kier molecular flexibility index (Phi) is 68.1. The molecule has 478 valence electrons. The lowest BCUT2D eigenvalue weighted by atomic mass is 10.0. The molecule has 0 bridgehead atoms. The molecule has 0 radical (unpaired) electrons. The van der Waals surface area contributed by atoms with Gasteiger partial charge in [-0.1, -0.05) is 364 Å². The van der Waals surface area contributed by atoms with E-state index < -0.39 is 6.10 Å². The third-order valence-corrected chi connectivity index (χ3v) is 16.3. The quantitative estimate of drug-likeness (QED) is 0.0261. The molecule has 6 heteroatoms. The SMILES string of the molecule is CC/C=C\C/C=C\C/C=C\C/C=C\C/C=C\CCCCCCCCCCCCCCCCCC(=O)OCC(COC(=O)CCCCCCCCCCCCCCCCCC)OC(=O)CCCCCCCCCCCCCCCCCCC. The standard InChI is InChI=1S/C76H138O6/c1-4-7-10-13-16-19-22-25-28-31-32-33-34-35-36-37-38-39-40-41-42-43-44-46-48-51-54-57-60-63-66-69-75(78)81-72-73(71-80-74(77)68-65-62-59-56-53-50-47-30-27-24-21-18-15-12-9-6-3)82-76(79)70-67-64-61-58-55-52-49-45-29-26-23-20-17-14-11-8-5-2/h7,10,16,19,25,28,32-33,35-36,73H,4-6,8-9,11-15,17-18,20-24,26-27,29-31,34,37-72H2,1-3H3/b10-7-,19-16-,28-25-,33-32-,36-35-. The van der Waals surface area contributed by atoms with Gasteiger partial charge in [-0.25, -0.2) is 0 Å². The van der Waals surface area contributed by atoms with Crippen molar-refractivity contribution >= 4 is 17.9 Å². The predicted octanol–water partition coefficient (Wildman–Crippen LogP) is 25.1. The Morgan fingerprint density at radius 1 is 0.256 bits per heavy atom. The molecular formula is C76H138O6. The van der Waals surface area contributed by atoms with Crippen LogP contribution in [0.2, 0.25) is 0 Å². The van der Waals surface area contributed by atoms with Crippen LogP contribution in [0.4, 0.5) is 0 Å². The van der Waals surface area contributed by atoms with E-state index in [-0.39, 0.29) is 31.1 Å². The van der Waals surface area contributed by atoms with Crippen molar-refractivity contribution in [3.8, 4) is 0 Å². The first-order valence-corrected chi connectivity index (χ1v) is 36.3. The van der Waals surface area contributed by atoms with Gasteiger partial charge in [0.2, 0.25) is 0 Å². The molecule has 0 saturated carbocycles. The second-order valence-corrected chi connectivity index (χ2v) is 24.5. The molecule has 0 amide bonds. The number of ether oxygens (including phenoxy) is 3. The number of carbonyl (C=O) groups excluding carboxylic acids is 3. The Morgan fingerprint density at radius 2 is 0.476 bits per heavy atom. The molecule has 0 aliphatic carbocycles. The molecule has 0 spiro atoms. The van der Waals surface area contributed by atoms with E-state index in [4.69, 9.17) is 14.2 Å². The minimum Gasteiger partial charge on any atom is -0.462 e. The molecular weight excluding hydrogens is 1010 g/mol. The Morgan fingerprint density at radius 3 is 0.744 bits per heavy atom. The molecule has 82 heavy (non-hydrogen) atoms. The van der Waals surface area contributed by atoms with Crippen molar-refractivity contribution in [1.82, 2.24) is 0 Å². The van der Waals surface area contributed by atoms with Crippen LogP contribution < -0.4 is 0 Å². The number of rotatable bonds is 67. The fourth-order valence-electron chi connectivity index (χ4n) is 10.9. The van der Waals surface area contributed by atoms with Gasteiger partial charge >= 0.3 is 17.9 Å². The van der Waals surface area contributed by atoms with E-state index in [1.807, 2.05) is 0 Å². The largest absolute Gasteiger partial charge is 0.462 e. The van der Waals surface area contributed by atoms with Crippen LogP contribution in [-0.4, -0.2) is 37.2 Å². The fourth-order valence-corrected chi connectivity index (χ4v) is 10.9. The van der Waals surface area contributed by atoms with Gasteiger partial charge in [0.25, 0.3) is 0 Å². The monoisotopic (exact) mass is 1150 g/mol. The van der Waals surface area contributed by atoms with Gasteiger partial charge in [-0.15, -0.1) is 0 Å². The minimum absolute atomic E-state index is 0.0662. The smallest absolute Gasteiger partial charge is 0.306 e. The number of unbranched alkanes of at least 4 members (excludes halogenated alkanes) is 46. The molecule has 0 aromatic heterocycles. The Labute approximate surface area is 510 Å². The van der Waals surface area contributed by atoms with Gasteiger partial charge in [0, 0.05) is 19.3 Å². The summed E-state index contributed by atoms with van der Waals surface area (Å²) in [6.45, 7) is 6.60. The Hall–Kier alpha value is -2.89. The lowest BCUT2D eigenvalue weighted by Gasteiger charge is -2.18. The molecule has 0 saturated heterocycles. The van der Waals surface area contributed by atoms with E-state index in [0.29, 0.717) is 19.3 Å². The van der Waals surface area contributed by atoms with Crippen LogP contribution in [0.1, 0.15) is 387 Å². The van der Waals surface area contributed by atoms with E-state index in [2.05, 4.69) is 81.5 Å². The average Bonchev–Trinajstić information content (AvgIpc) is 3.48. The molecule has 0 aliphatic rings. The summed E-state index contributed by atoms with van der Waals surface area (Å²) in [6.07, 6.45) is 91.1. The van der Waals surface area contributed by atoms with Gasteiger partial charge in [-0.05, 0) is 64.2 Å². The predicted molar refractivity (Wildman–Crippen MR) is 358 cm³/mol. The van der Waals surface area contributed by atoms with Crippen molar-refractivity contribution in [3.05, 3.63) is 60.8 Å². The van der Waals surface area contributed by atoms with Gasteiger partial charge in [-0.3, -0.25) is 14.4 Å². The summed E-state index contributed by atoms with van der Waals surface area (Å²) in [5, 5.41) is 0. The van der Waals surface area contributed by atoms with Crippen LogP contribution in [0.5, 0.6) is 0 Å². The lowest BCUT2D eigenvalue weighted by Crippen LogP contribution is -2.30. The highest BCUT2D eigenvalue weighted by atomic mass is 16.6. The van der Waals surface area contributed by atoms with Gasteiger partial charge in [0.05, 0.1) is 0 Å². The molecule has 0 heterocycles. The third kappa shape index (κ3) is 67.9. The lowest BCUT2D eigenvalue weighted by molar-refractivity contribution is -0.167. The molecule has 0 aromatic rings. The summed E-state index contributed by atoms with van der Waals surface area (Å²) >= 11 is 0. The van der Waals surface area contributed by atoms with Gasteiger partial charge in [0.15, 0.2) is 6.10 Å². The van der Waals surface area contributed by atoms with Crippen LogP contribution in [0, 0.1) is 0 Å². The summed E-state index contributed by atoms with van der Waals surface area (Å²) < 4.78 is 17.0. The van der Waals surface area contributed by atoms with Crippen molar-refractivity contribution in [2.24, 2.45) is 0 Å². The maximum Gasteiger partial charge on any atom is 0.306 e. The number of hydrogen-bond acceptors (Lipinski definition) is 6. The van der Waals surface area contributed by atoms with E-state index in [1.54, 1.807) is 0 Å². The highest BCUT2D eigenvalue weighted by Crippen LogP contribution is 2.19. The van der Waals surface area contributed by atoms with Crippen molar-refractivity contribution in [3.63, 3.8) is 0 Å². The average molecular weight is 1150 g/mol. The number of esters is 3. The molecule has 1 unspecified atom stereocenters.